The van der Waals surface area contributed by atoms with E-state index in [0.29, 0.717) is 5.76 Å². The topological polar surface area (TPSA) is 20.2 Å². The second-order valence-corrected chi connectivity index (χ2v) is 3.53. The van der Waals surface area contributed by atoms with E-state index >= 15 is 0 Å². The zero-order valence-corrected chi connectivity index (χ0v) is 8.41. The molecule has 0 aliphatic rings. The molecule has 1 heteroatoms. The molecule has 1 rings (SSSR count). The second-order valence-electron chi connectivity index (χ2n) is 3.53. The highest BCUT2D eigenvalue weighted by Gasteiger charge is 2.06. The van der Waals surface area contributed by atoms with Crippen LogP contribution in [0.1, 0.15) is 26.3 Å². The molecule has 0 aliphatic carbocycles. The molecule has 0 atom stereocenters. The van der Waals surface area contributed by atoms with E-state index in [0.717, 1.165) is 11.1 Å². The highest BCUT2D eigenvalue weighted by atomic mass is 16.3. The summed E-state index contributed by atoms with van der Waals surface area (Å²) in [5, 5.41) is 9.73. The van der Waals surface area contributed by atoms with Crippen LogP contribution in [0, 0.1) is 5.92 Å². The van der Waals surface area contributed by atoms with Crippen molar-refractivity contribution in [1.82, 2.24) is 0 Å². The normalized spacial score (nSPS) is 12.9. The number of hydrogen-bond acceptors (Lipinski definition) is 1. The first kappa shape index (κ1) is 9.85. The minimum Gasteiger partial charge on any atom is -0.512 e. The van der Waals surface area contributed by atoms with E-state index < -0.39 is 0 Å². The number of rotatable bonds is 2. The van der Waals surface area contributed by atoms with Crippen LogP contribution in [0.15, 0.2) is 36.1 Å². The van der Waals surface area contributed by atoms with Crippen molar-refractivity contribution in [2.45, 2.75) is 20.8 Å². The maximum Gasteiger partial charge on any atom is 0.0982 e. The van der Waals surface area contributed by atoms with E-state index in [2.05, 4.69) is 0 Å². The van der Waals surface area contributed by atoms with E-state index in [1.165, 1.54) is 0 Å². The minimum absolute atomic E-state index is 0.195. The summed E-state index contributed by atoms with van der Waals surface area (Å²) in [4.78, 5) is 0. The fraction of sp³-hybridized carbons (Fsp3) is 0.333. The van der Waals surface area contributed by atoms with Crippen LogP contribution in [0.4, 0.5) is 0 Å². The lowest BCUT2D eigenvalue weighted by Crippen LogP contribution is -1.96. The van der Waals surface area contributed by atoms with Crippen LogP contribution in [0.25, 0.3) is 5.57 Å². The molecule has 1 aromatic rings. The lowest BCUT2D eigenvalue weighted by Gasteiger charge is -2.09. The molecule has 0 saturated carbocycles. The van der Waals surface area contributed by atoms with Crippen molar-refractivity contribution in [3.05, 3.63) is 41.7 Å². The van der Waals surface area contributed by atoms with Gasteiger partial charge in [-0.15, -0.1) is 0 Å². The molecule has 0 amide bonds. The quantitative estimate of drug-likeness (QED) is 0.682. The molecule has 0 bridgehead atoms. The zero-order valence-electron chi connectivity index (χ0n) is 8.41. The number of benzene rings is 1. The first-order valence-electron chi connectivity index (χ1n) is 4.58. The van der Waals surface area contributed by atoms with Crippen LogP contribution in [0.2, 0.25) is 0 Å². The van der Waals surface area contributed by atoms with Crippen molar-refractivity contribution in [3.8, 4) is 0 Å². The molecule has 0 heterocycles. The van der Waals surface area contributed by atoms with Crippen LogP contribution in [0.5, 0.6) is 0 Å². The summed E-state index contributed by atoms with van der Waals surface area (Å²) in [5.74, 6) is 0.673. The Morgan fingerprint density at radius 3 is 2.15 bits per heavy atom. The summed E-state index contributed by atoms with van der Waals surface area (Å²) in [7, 11) is 0. The number of aliphatic hydroxyl groups is 1. The Hall–Kier alpha value is -1.24. The predicted molar refractivity (Wildman–Crippen MR) is 56.5 cm³/mol. The average Bonchev–Trinajstić information content (AvgIpc) is 2.17. The third-order valence-corrected chi connectivity index (χ3v) is 2.14. The van der Waals surface area contributed by atoms with Crippen molar-refractivity contribution >= 4 is 5.57 Å². The molecule has 0 saturated heterocycles. The summed E-state index contributed by atoms with van der Waals surface area (Å²) >= 11 is 0. The molecular formula is C12H16O. The van der Waals surface area contributed by atoms with Gasteiger partial charge in [-0.05, 0) is 18.1 Å². The fourth-order valence-electron chi connectivity index (χ4n) is 1.27. The summed E-state index contributed by atoms with van der Waals surface area (Å²) in [6.45, 7) is 5.92. The lowest BCUT2D eigenvalue weighted by molar-refractivity contribution is 0.354. The highest BCUT2D eigenvalue weighted by molar-refractivity contribution is 5.65. The molecule has 0 unspecified atom stereocenters. The first-order chi connectivity index (χ1) is 6.13. The van der Waals surface area contributed by atoms with Crippen LogP contribution in [-0.2, 0) is 0 Å². The molecular weight excluding hydrogens is 160 g/mol. The van der Waals surface area contributed by atoms with Crippen molar-refractivity contribution in [2.75, 3.05) is 0 Å². The van der Waals surface area contributed by atoms with Gasteiger partial charge in [-0.2, -0.15) is 0 Å². The van der Waals surface area contributed by atoms with E-state index in [4.69, 9.17) is 0 Å². The lowest BCUT2D eigenvalue weighted by atomic mass is 10.0. The number of aliphatic hydroxyl groups excluding tert-OH is 1. The predicted octanol–water partition coefficient (Wildman–Crippen LogP) is 3.63. The zero-order chi connectivity index (χ0) is 9.84. The van der Waals surface area contributed by atoms with Gasteiger partial charge in [0.05, 0.1) is 5.76 Å². The van der Waals surface area contributed by atoms with E-state index in [-0.39, 0.29) is 5.92 Å². The Kier molecular flexibility index (Phi) is 3.13. The highest BCUT2D eigenvalue weighted by Crippen LogP contribution is 2.20. The van der Waals surface area contributed by atoms with Crippen molar-refractivity contribution in [2.24, 2.45) is 5.92 Å². The van der Waals surface area contributed by atoms with E-state index in [1.54, 1.807) is 0 Å². The number of allylic oxidation sites excluding steroid dienone is 2. The van der Waals surface area contributed by atoms with Gasteiger partial charge < -0.3 is 5.11 Å². The third-order valence-electron chi connectivity index (χ3n) is 2.14. The Morgan fingerprint density at radius 2 is 1.69 bits per heavy atom. The Morgan fingerprint density at radius 1 is 1.15 bits per heavy atom. The summed E-state index contributed by atoms with van der Waals surface area (Å²) < 4.78 is 0. The molecule has 1 N–H and O–H groups in total. The number of hydrogen-bond donors (Lipinski definition) is 1. The summed E-state index contributed by atoms with van der Waals surface area (Å²) in [6, 6.07) is 9.95. The molecule has 70 valence electrons. The van der Waals surface area contributed by atoms with Crippen molar-refractivity contribution in [1.29, 1.82) is 0 Å². The molecule has 0 aromatic heterocycles. The van der Waals surface area contributed by atoms with Gasteiger partial charge in [0, 0.05) is 5.92 Å². The van der Waals surface area contributed by atoms with Gasteiger partial charge >= 0.3 is 0 Å². The first-order valence-corrected chi connectivity index (χ1v) is 4.58. The van der Waals surface area contributed by atoms with Crippen molar-refractivity contribution in [3.63, 3.8) is 0 Å². The van der Waals surface area contributed by atoms with E-state index in [9.17, 15) is 5.11 Å². The van der Waals surface area contributed by atoms with Gasteiger partial charge in [0.2, 0.25) is 0 Å². The van der Waals surface area contributed by atoms with Crippen molar-refractivity contribution < 1.29 is 5.11 Å². The standard InChI is InChI=1S/C12H16O/c1-9(2)12(13)10(3)11-7-5-4-6-8-11/h4-9,13H,1-3H3/b12-10-. The molecule has 13 heavy (non-hydrogen) atoms. The van der Waals surface area contributed by atoms with E-state index in [1.807, 2.05) is 51.1 Å². The molecule has 1 aromatic carbocycles. The molecule has 1 nitrogen and oxygen atoms in total. The molecule has 0 aliphatic heterocycles. The van der Waals surface area contributed by atoms with Gasteiger partial charge in [-0.3, -0.25) is 0 Å². The maximum absolute atomic E-state index is 9.73. The summed E-state index contributed by atoms with van der Waals surface area (Å²) in [6.07, 6.45) is 0. The summed E-state index contributed by atoms with van der Waals surface area (Å²) in [5.41, 5.74) is 2.06. The SMILES string of the molecule is C/C(=C(/O)C(C)C)c1ccccc1. The monoisotopic (exact) mass is 176 g/mol. The maximum atomic E-state index is 9.73. The van der Waals surface area contributed by atoms with Crippen LogP contribution in [0.3, 0.4) is 0 Å². The van der Waals surface area contributed by atoms with Gasteiger partial charge in [-0.1, -0.05) is 44.2 Å². The Labute approximate surface area is 79.7 Å². The Balaban J connectivity index is 3.03. The fourth-order valence-corrected chi connectivity index (χ4v) is 1.27. The second kappa shape index (κ2) is 4.13. The molecule has 0 fully saturated rings. The van der Waals surface area contributed by atoms with Gasteiger partial charge in [0.1, 0.15) is 0 Å². The Bertz CT molecular complexity index is 296. The third kappa shape index (κ3) is 2.35. The van der Waals surface area contributed by atoms with Crippen LogP contribution in [-0.4, -0.2) is 5.11 Å². The largest absolute Gasteiger partial charge is 0.512 e. The molecule has 0 radical (unpaired) electrons. The van der Waals surface area contributed by atoms with Gasteiger partial charge in [-0.25, -0.2) is 0 Å². The van der Waals surface area contributed by atoms with Gasteiger partial charge in [0.15, 0.2) is 0 Å². The minimum atomic E-state index is 0.195. The average molecular weight is 176 g/mol. The molecule has 0 spiro atoms. The van der Waals surface area contributed by atoms with Crippen LogP contribution < -0.4 is 0 Å². The van der Waals surface area contributed by atoms with Crippen LogP contribution >= 0.6 is 0 Å². The van der Waals surface area contributed by atoms with Gasteiger partial charge in [0.25, 0.3) is 0 Å². The smallest absolute Gasteiger partial charge is 0.0982 e.